The van der Waals surface area contributed by atoms with Gasteiger partial charge in [0.25, 0.3) is 0 Å². The molecule has 17 heavy (non-hydrogen) atoms. The number of carbonyl (C=O) groups excluding carboxylic acids is 1. The quantitative estimate of drug-likeness (QED) is 0.789. The molecule has 0 aliphatic carbocycles. The fraction of sp³-hybridized carbons (Fsp3) is 0.444. The van der Waals surface area contributed by atoms with E-state index in [0.29, 0.717) is 11.1 Å². The van der Waals surface area contributed by atoms with Crippen LogP contribution in [-0.2, 0) is 9.84 Å². The van der Waals surface area contributed by atoms with E-state index in [9.17, 15) is 13.2 Å². The van der Waals surface area contributed by atoms with Crippen LogP contribution in [0.2, 0.25) is 0 Å². The number of furan rings is 1. The number of amides is 1. The number of hydrogen-bond donors (Lipinski definition) is 2. The van der Waals surface area contributed by atoms with E-state index in [0.717, 1.165) is 0 Å². The second-order valence-corrected chi connectivity index (χ2v) is 6.81. The van der Waals surface area contributed by atoms with E-state index in [1.807, 2.05) is 0 Å². The number of hydrazine groups is 1. The average Bonchev–Trinajstić information content (AvgIpc) is 2.81. The number of halogens is 1. The maximum atomic E-state index is 11.5. The maximum Gasteiger partial charge on any atom is 0.301 e. The molecule has 1 aromatic heterocycles. The maximum absolute atomic E-state index is 11.5. The van der Waals surface area contributed by atoms with Crippen molar-refractivity contribution in [3.05, 3.63) is 22.6 Å². The first-order valence-corrected chi connectivity index (χ1v) is 7.59. The second kappa shape index (κ2) is 4.79. The minimum absolute atomic E-state index is 0.0507. The monoisotopic (exact) mass is 322 g/mol. The lowest BCUT2D eigenvalue weighted by atomic mass is 10.3. The molecule has 0 aromatic carbocycles. The number of sulfone groups is 1. The Bertz CT molecular complexity index is 525. The molecule has 2 rings (SSSR count). The summed E-state index contributed by atoms with van der Waals surface area (Å²) >= 11 is 3.09. The standard InChI is InChI=1S/C9H11BrN2O4S/c10-8-2-1-7(16-8)9(13)12-11-6-3-4-17(14,15)5-6/h1-2,6,11H,3-5H2,(H,12,13)/t6-/m1/s1. The summed E-state index contributed by atoms with van der Waals surface area (Å²) in [6, 6.07) is 2.89. The van der Waals surface area contributed by atoms with Gasteiger partial charge in [-0.25, -0.2) is 13.8 Å². The van der Waals surface area contributed by atoms with Gasteiger partial charge in [0.15, 0.2) is 20.3 Å². The van der Waals surface area contributed by atoms with Crippen LogP contribution in [0, 0.1) is 0 Å². The number of nitrogens with one attached hydrogen (secondary N) is 2. The predicted octanol–water partition coefficient (Wildman–Crippen LogP) is 0.464. The average molecular weight is 323 g/mol. The van der Waals surface area contributed by atoms with Gasteiger partial charge < -0.3 is 4.42 Å². The van der Waals surface area contributed by atoms with Gasteiger partial charge in [-0.05, 0) is 34.5 Å². The fourth-order valence-corrected chi connectivity index (χ4v) is 3.55. The highest BCUT2D eigenvalue weighted by Crippen LogP contribution is 2.14. The highest BCUT2D eigenvalue weighted by Gasteiger charge is 2.28. The summed E-state index contributed by atoms with van der Waals surface area (Å²) < 4.78 is 27.9. The van der Waals surface area contributed by atoms with Crippen molar-refractivity contribution in [2.75, 3.05) is 11.5 Å². The Morgan fingerprint density at radius 1 is 1.47 bits per heavy atom. The zero-order valence-electron chi connectivity index (χ0n) is 8.77. The van der Waals surface area contributed by atoms with Gasteiger partial charge in [0, 0.05) is 6.04 Å². The third-order valence-corrected chi connectivity index (χ3v) is 4.61. The molecular weight excluding hydrogens is 312 g/mol. The largest absolute Gasteiger partial charge is 0.444 e. The van der Waals surface area contributed by atoms with Crippen LogP contribution >= 0.6 is 15.9 Å². The molecule has 0 radical (unpaired) electrons. The molecule has 1 saturated heterocycles. The van der Waals surface area contributed by atoms with Crippen LogP contribution in [0.25, 0.3) is 0 Å². The van der Waals surface area contributed by atoms with E-state index in [4.69, 9.17) is 4.42 Å². The van der Waals surface area contributed by atoms with Crippen molar-refractivity contribution in [3.63, 3.8) is 0 Å². The van der Waals surface area contributed by atoms with Crippen LogP contribution in [0.15, 0.2) is 21.2 Å². The van der Waals surface area contributed by atoms with Gasteiger partial charge in [0.2, 0.25) is 0 Å². The van der Waals surface area contributed by atoms with Crippen molar-refractivity contribution in [2.24, 2.45) is 0 Å². The Morgan fingerprint density at radius 2 is 2.24 bits per heavy atom. The van der Waals surface area contributed by atoms with E-state index < -0.39 is 15.7 Å². The van der Waals surface area contributed by atoms with Gasteiger partial charge in [0.05, 0.1) is 11.5 Å². The molecule has 0 saturated carbocycles. The molecule has 1 fully saturated rings. The first-order valence-electron chi connectivity index (χ1n) is 4.98. The zero-order valence-corrected chi connectivity index (χ0v) is 11.2. The molecule has 6 nitrogen and oxygen atoms in total. The highest BCUT2D eigenvalue weighted by atomic mass is 79.9. The Morgan fingerprint density at radius 3 is 2.76 bits per heavy atom. The molecule has 0 unspecified atom stereocenters. The predicted molar refractivity (Wildman–Crippen MR) is 64.1 cm³/mol. The number of hydrogen-bond acceptors (Lipinski definition) is 5. The summed E-state index contributed by atoms with van der Waals surface area (Å²) in [5, 5.41) is 0. The highest BCUT2D eigenvalue weighted by molar-refractivity contribution is 9.10. The van der Waals surface area contributed by atoms with E-state index in [2.05, 4.69) is 26.8 Å². The van der Waals surface area contributed by atoms with Crippen LogP contribution in [0.1, 0.15) is 17.0 Å². The van der Waals surface area contributed by atoms with Crippen molar-refractivity contribution in [1.82, 2.24) is 10.9 Å². The van der Waals surface area contributed by atoms with Gasteiger partial charge in [-0.1, -0.05) is 0 Å². The van der Waals surface area contributed by atoms with Crippen molar-refractivity contribution in [1.29, 1.82) is 0 Å². The molecule has 2 N–H and O–H groups in total. The molecular formula is C9H11BrN2O4S. The smallest absolute Gasteiger partial charge is 0.301 e. The molecule has 0 spiro atoms. The minimum Gasteiger partial charge on any atom is -0.444 e. The lowest BCUT2D eigenvalue weighted by Gasteiger charge is -2.10. The topological polar surface area (TPSA) is 88.4 Å². The van der Waals surface area contributed by atoms with Crippen LogP contribution in [0.5, 0.6) is 0 Å². The number of rotatable bonds is 3. The first kappa shape index (κ1) is 12.6. The minimum atomic E-state index is -2.95. The van der Waals surface area contributed by atoms with Gasteiger partial charge in [0.1, 0.15) is 0 Å². The Labute approximate surface area is 107 Å². The normalized spacial score (nSPS) is 22.5. The van der Waals surface area contributed by atoms with Crippen LogP contribution < -0.4 is 10.9 Å². The lowest BCUT2D eigenvalue weighted by molar-refractivity contribution is 0.0897. The van der Waals surface area contributed by atoms with Gasteiger partial charge in [-0.15, -0.1) is 0 Å². The summed E-state index contributed by atoms with van der Waals surface area (Å²) in [5.74, 6) is -0.0627. The Balaban J connectivity index is 1.85. The first-order chi connectivity index (χ1) is 7.96. The molecule has 1 amide bonds. The third-order valence-electron chi connectivity index (χ3n) is 2.42. The second-order valence-electron chi connectivity index (χ2n) is 3.80. The molecule has 8 heteroatoms. The third kappa shape index (κ3) is 3.30. The molecule has 94 valence electrons. The Kier molecular flexibility index (Phi) is 3.55. The van der Waals surface area contributed by atoms with E-state index in [-0.39, 0.29) is 23.3 Å². The van der Waals surface area contributed by atoms with Gasteiger partial charge in [-0.2, -0.15) is 0 Å². The summed E-state index contributed by atoms with van der Waals surface area (Å²) in [5.41, 5.74) is 5.11. The SMILES string of the molecule is O=C(NN[C@@H]1CCS(=O)(=O)C1)c1ccc(Br)o1. The molecule has 1 aromatic rings. The molecule has 1 aliphatic rings. The summed E-state index contributed by atoms with van der Waals surface area (Å²) in [6.45, 7) is 0. The van der Waals surface area contributed by atoms with E-state index in [1.54, 1.807) is 6.07 Å². The lowest BCUT2D eigenvalue weighted by Crippen LogP contribution is -2.44. The summed E-state index contributed by atoms with van der Waals surface area (Å²) in [7, 11) is -2.95. The zero-order chi connectivity index (χ0) is 12.5. The van der Waals surface area contributed by atoms with Gasteiger partial charge in [-0.3, -0.25) is 10.2 Å². The van der Waals surface area contributed by atoms with Crippen LogP contribution in [-0.4, -0.2) is 31.9 Å². The number of carbonyl (C=O) groups is 1. The van der Waals surface area contributed by atoms with Crippen LogP contribution in [0.4, 0.5) is 0 Å². The summed E-state index contributed by atoms with van der Waals surface area (Å²) in [4.78, 5) is 11.5. The molecule has 1 aliphatic heterocycles. The van der Waals surface area contributed by atoms with Crippen molar-refractivity contribution in [2.45, 2.75) is 12.5 Å². The summed E-state index contributed by atoms with van der Waals surface area (Å²) in [6.07, 6.45) is 0.504. The van der Waals surface area contributed by atoms with Crippen molar-refractivity contribution < 1.29 is 17.6 Å². The van der Waals surface area contributed by atoms with Gasteiger partial charge >= 0.3 is 5.91 Å². The van der Waals surface area contributed by atoms with E-state index >= 15 is 0 Å². The van der Waals surface area contributed by atoms with Crippen molar-refractivity contribution >= 4 is 31.7 Å². The van der Waals surface area contributed by atoms with Crippen molar-refractivity contribution in [3.8, 4) is 0 Å². The van der Waals surface area contributed by atoms with Crippen LogP contribution in [0.3, 0.4) is 0 Å². The fourth-order valence-electron chi connectivity index (χ4n) is 1.57. The van der Waals surface area contributed by atoms with E-state index in [1.165, 1.54) is 6.07 Å². The molecule has 0 bridgehead atoms. The molecule has 2 heterocycles. The Hall–Kier alpha value is -0.860. The molecule has 1 atom stereocenters.